The van der Waals surface area contributed by atoms with E-state index in [0.717, 1.165) is 13.0 Å². The molecule has 3 heteroatoms. The zero-order valence-corrected chi connectivity index (χ0v) is 6.34. The van der Waals surface area contributed by atoms with E-state index in [4.69, 9.17) is 4.74 Å². The number of nitrogens with one attached hydrogen (secondary N) is 1. The molecule has 0 amide bonds. The van der Waals surface area contributed by atoms with Crippen LogP contribution < -0.4 is 5.32 Å². The van der Waals surface area contributed by atoms with Gasteiger partial charge in [-0.1, -0.05) is 6.92 Å². The Morgan fingerprint density at radius 1 is 1.70 bits per heavy atom. The monoisotopic (exact) mass is 145 g/mol. The van der Waals surface area contributed by atoms with Gasteiger partial charge in [0.2, 0.25) is 0 Å². The highest BCUT2D eigenvalue weighted by atomic mass is 16.5. The number of likely N-dealkylation sites (N-methyl/N-ethyl adjacent to an activating group) is 1. The molecule has 1 rings (SSSR count). The summed E-state index contributed by atoms with van der Waals surface area (Å²) >= 11 is 0. The van der Waals surface area contributed by atoms with E-state index in [9.17, 15) is 5.11 Å². The molecule has 2 atom stereocenters. The Balaban J connectivity index is 2.25. The average molecular weight is 145 g/mol. The van der Waals surface area contributed by atoms with Gasteiger partial charge in [0.1, 0.15) is 0 Å². The van der Waals surface area contributed by atoms with Crippen molar-refractivity contribution in [2.24, 2.45) is 0 Å². The van der Waals surface area contributed by atoms with Gasteiger partial charge in [-0.3, -0.25) is 0 Å². The Bertz CT molecular complexity index is 95.6. The third-order valence-corrected chi connectivity index (χ3v) is 1.79. The van der Waals surface area contributed by atoms with E-state index in [-0.39, 0.29) is 12.1 Å². The van der Waals surface area contributed by atoms with Crippen molar-refractivity contribution in [2.75, 3.05) is 19.8 Å². The Morgan fingerprint density at radius 3 is 3.10 bits per heavy atom. The fourth-order valence-electron chi connectivity index (χ4n) is 1.18. The molecule has 0 radical (unpaired) electrons. The van der Waals surface area contributed by atoms with Crippen molar-refractivity contribution < 1.29 is 9.84 Å². The van der Waals surface area contributed by atoms with Crippen LogP contribution in [0.3, 0.4) is 0 Å². The molecule has 3 nitrogen and oxygen atoms in total. The zero-order valence-electron chi connectivity index (χ0n) is 6.34. The van der Waals surface area contributed by atoms with Crippen LogP contribution in [0.15, 0.2) is 0 Å². The van der Waals surface area contributed by atoms with Crippen LogP contribution in [0.25, 0.3) is 0 Å². The van der Waals surface area contributed by atoms with Crippen molar-refractivity contribution in [2.45, 2.75) is 25.5 Å². The Kier molecular flexibility index (Phi) is 3.12. The van der Waals surface area contributed by atoms with Crippen LogP contribution in [0.5, 0.6) is 0 Å². The van der Waals surface area contributed by atoms with Crippen LogP contribution in [-0.4, -0.2) is 37.0 Å². The summed E-state index contributed by atoms with van der Waals surface area (Å²) in [6.45, 7) is 4.27. The zero-order chi connectivity index (χ0) is 7.40. The molecule has 0 aromatic carbocycles. The predicted octanol–water partition coefficient (Wildman–Crippen LogP) is -0.254. The molecular weight excluding hydrogens is 130 g/mol. The molecule has 0 saturated carbocycles. The van der Waals surface area contributed by atoms with Gasteiger partial charge in [0.25, 0.3) is 0 Å². The standard InChI is InChI=1S/C7H15NO2/c1-2-8-6-5-10-4-3-7(6)9/h6-9H,2-5H2,1H3/t6-,7-/m1/s1. The first-order valence-corrected chi connectivity index (χ1v) is 3.83. The van der Waals surface area contributed by atoms with Crippen molar-refractivity contribution >= 4 is 0 Å². The van der Waals surface area contributed by atoms with Gasteiger partial charge in [0.05, 0.1) is 18.8 Å². The number of aliphatic hydroxyl groups is 1. The predicted molar refractivity (Wildman–Crippen MR) is 38.9 cm³/mol. The average Bonchev–Trinajstić information content (AvgIpc) is 1.94. The molecule has 0 aromatic rings. The number of ether oxygens (including phenoxy) is 1. The van der Waals surface area contributed by atoms with Gasteiger partial charge in [-0.25, -0.2) is 0 Å². The molecule has 10 heavy (non-hydrogen) atoms. The van der Waals surface area contributed by atoms with Gasteiger partial charge >= 0.3 is 0 Å². The first-order valence-electron chi connectivity index (χ1n) is 3.83. The van der Waals surface area contributed by atoms with Crippen LogP contribution in [0.1, 0.15) is 13.3 Å². The van der Waals surface area contributed by atoms with Gasteiger partial charge in [-0.15, -0.1) is 0 Å². The molecule has 1 heterocycles. The lowest BCUT2D eigenvalue weighted by Crippen LogP contribution is -2.46. The molecule has 0 unspecified atom stereocenters. The topological polar surface area (TPSA) is 41.5 Å². The summed E-state index contributed by atoms with van der Waals surface area (Å²) in [6.07, 6.45) is 0.547. The highest BCUT2D eigenvalue weighted by molar-refractivity contribution is 4.77. The molecule has 0 aliphatic carbocycles. The van der Waals surface area contributed by atoms with Crippen molar-refractivity contribution in [3.63, 3.8) is 0 Å². The minimum absolute atomic E-state index is 0.152. The van der Waals surface area contributed by atoms with Crippen LogP contribution in [-0.2, 0) is 4.74 Å². The van der Waals surface area contributed by atoms with E-state index in [0.29, 0.717) is 13.2 Å². The van der Waals surface area contributed by atoms with Gasteiger partial charge < -0.3 is 15.2 Å². The number of rotatable bonds is 2. The summed E-state index contributed by atoms with van der Waals surface area (Å²) in [4.78, 5) is 0. The first kappa shape index (κ1) is 7.98. The smallest absolute Gasteiger partial charge is 0.0737 e. The Morgan fingerprint density at radius 2 is 2.50 bits per heavy atom. The number of hydrogen-bond acceptors (Lipinski definition) is 3. The highest BCUT2D eigenvalue weighted by Gasteiger charge is 2.21. The lowest BCUT2D eigenvalue weighted by atomic mass is 10.1. The van der Waals surface area contributed by atoms with Crippen molar-refractivity contribution in [3.05, 3.63) is 0 Å². The Labute approximate surface area is 61.4 Å². The lowest BCUT2D eigenvalue weighted by molar-refractivity contribution is -0.0148. The minimum atomic E-state index is -0.214. The van der Waals surface area contributed by atoms with Gasteiger partial charge in [0.15, 0.2) is 0 Å². The number of hydrogen-bond donors (Lipinski definition) is 2. The van der Waals surface area contributed by atoms with E-state index in [1.54, 1.807) is 0 Å². The second kappa shape index (κ2) is 3.91. The van der Waals surface area contributed by atoms with Crippen LogP contribution in [0.2, 0.25) is 0 Å². The van der Waals surface area contributed by atoms with Gasteiger partial charge in [-0.05, 0) is 13.0 Å². The maximum atomic E-state index is 9.36. The molecular formula is C7H15NO2. The quantitative estimate of drug-likeness (QED) is 0.563. The number of aliphatic hydroxyl groups excluding tert-OH is 1. The van der Waals surface area contributed by atoms with Crippen LogP contribution >= 0.6 is 0 Å². The molecule has 1 aliphatic rings. The fourth-order valence-corrected chi connectivity index (χ4v) is 1.18. The third-order valence-electron chi connectivity index (χ3n) is 1.79. The summed E-state index contributed by atoms with van der Waals surface area (Å²) in [6, 6.07) is 0.152. The minimum Gasteiger partial charge on any atom is -0.391 e. The lowest BCUT2D eigenvalue weighted by Gasteiger charge is -2.27. The summed E-state index contributed by atoms with van der Waals surface area (Å²) in [5.41, 5.74) is 0. The summed E-state index contributed by atoms with van der Waals surface area (Å²) < 4.78 is 5.18. The fraction of sp³-hybridized carbons (Fsp3) is 1.00. The van der Waals surface area contributed by atoms with Crippen molar-refractivity contribution in [1.29, 1.82) is 0 Å². The van der Waals surface area contributed by atoms with E-state index in [1.165, 1.54) is 0 Å². The van der Waals surface area contributed by atoms with E-state index in [1.807, 2.05) is 6.92 Å². The van der Waals surface area contributed by atoms with Crippen molar-refractivity contribution in [1.82, 2.24) is 5.32 Å². The maximum Gasteiger partial charge on any atom is 0.0737 e. The van der Waals surface area contributed by atoms with Gasteiger partial charge in [0, 0.05) is 6.61 Å². The summed E-state index contributed by atoms with van der Waals surface area (Å²) in [5, 5.41) is 12.5. The molecule has 1 saturated heterocycles. The summed E-state index contributed by atoms with van der Waals surface area (Å²) in [5.74, 6) is 0. The second-order valence-corrected chi connectivity index (χ2v) is 2.60. The summed E-state index contributed by atoms with van der Waals surface area (Å²) in [7, 11) is 0. The Hall–Kier alpha value is -0.120. The second-order valence-electron chi connectivity index (χ2n) is 2.60. The van der Waals surface area contributed by atoms with E-state index in [2.05, 4.69) is 5.32 Å². The SMILES string of the molecule is CCN[C@@H]1COCC[C@H]1O. The normalized spacial score (nSPS) is 34.2. The van der Waals surface area contributed by atoms with Crippen LogP contribution in [0.4, 0.5) is 0 Å². The van der Waals surface area contributed by atoms with Crippen molar-refractivity contribution in [3.8, 4) is 0 Å². The molecule has 60 valence electrons. The molecule has 0 spiro atoms. The van der Waals surface area contributed by atoms with E-state index >= 15 is 0 Å². The van der Waals surface area contributed by atoms with Gasteiger partial charge in [-0.2, -0.15) is 0 Å². The van der Waals surface area contributed by atoms with E-state index < -0.39 is 0 Å². The molecule has 2 N–H and O–H groups in total. The largest absolute Gasteiger partial charge is 0.391 e. The molecule has 0 aromatic heterocycles. The maximum absolute atomic E-state index is 9.36. The first-order chi connectivity index (χ1) is 4.84. The third kappa shape index (κ3) is 1.94. The molecule has 1 aliphatic heterocycles. The van der Waals surface area contributed by atoms with Crippen LogP contribution in [0, 0.1) is 0 Å². The molecule has 1 fully saturated rings. The highest BCUT2D eigenvalue weighted by Crippen LogP contribution is 2.06. The molecule has 0 bridgehead atoms.